The molecule has 1 atom stereocenters. The molecule has 1 aliphatic rings. The van der Waals surface area contributed by atoms with Crippen molar-refractivity contribution >= 4 is 29.2 Å². The number of halogens is 1. The van der Waals surface area contributed by atoms with Crippen LogP contribution in [0.1, 0.15) is 23.4 Å². The van der Waals surface area contributed by atoms with Gasteiger partial charge in [-0.3, -0.25) is 9.59 Å². The molecule has 0 bridgehead atoms. The van der Waals surface area contributed by atoms with Gasteiger partial charge in [0, 0.05) is 18.7 Å². The minimum atomic E-state index is -0.539. The number of aryl methyl sites for hydroxylation is 1. The number of ether oxygens (including phenoxy) is 1. The summed E-state index contributed by atoms with van der Waals surface area (Å²) in [7, 11) is 0. The lowest BCUT2D eigenvalue weighted by Crippen LogP contribution is -2.27. The number of carbonyl (C=O) groups is 2. The molecule has 0 unspecified atom stereocenters. The number of anilines is 1. The van der Waals surface area contributed by atoms with Crippen molar-refractivity contribution in [3.63, 3.8) is 0 Å². The van der Waals surface area contributed by atoms with Crippen molar-refractivity contribution in [3.05, 3.63) is 64.5 Å². The van der Waals surface area contributed by atoms with Gasteiger partial charge in [-0.1, -0.05) is 35.9 Å². The van der Waals surface area contributed by atoms with Gasteiger partial charge in [0.15, 0.2) is 6.61 Å². The number of carbonyl (C=O) groups excluding carboxylic acids is 2. The molecule has 3 aromatic rings. The number of aromatic nitrogens is 2. The van der Waals surface area contributed by atoms with E-state index in [-0.39, 0.29) is 37.3 Å². The number of rotatable bonds is 5. The van der Waals surface area contributed by atoms with Crippen molar-refractivity contribution < 1.29 is 18.7 Å². The van der Waals surface area contributed by atoms with E-state index in [1.54, 1.807) is 23.1 Å². The van der Waals surface area contributed by atoms with Crippen molar-refractivity contribution in [2.75, 3.05) is 11.4 Å². The second-order valence-electron chi connectivity index (χ2n) is 7.21. The van der Waals surface area contributed by atoms with Gasteiger partial charge in [0.05, 0.1) is 16.5 Å². The summed E-state index contributed by atoms with van der Waals surface area (Å²) >= 11 is 6.13. The maximum atomic E-state index is 12.5. The fourth-order valence-corrected chi connectivity index (χ4v) is 3.65. The first-order chi connectivity index (χ1) is 14.4. The zero-order valence-corrected chi connectivity index (χ0v) is 17.3. The second kappa shape index (κ2) is 8.28. The summed E-state index contributed by atoms with van der Waals surface area (Å²) in [6.45, 7) is 4.09. The van der Waals surface area contributed by atoms with Crippen molar-refractivity contribution in [1.82, 2.24) is 10.2 Å². The van der Waals surface area contributed by atoms with Crippen LogP contribution in [0.5, 0.6) is 0 Å². The molecule has 0 N–H and O–H groups in total. The fraction of sp³-hybridized carbons (Fsp3) is 0.273. The molecule has 7 nitrogen and oxygen atoms in total. The van der Waals surface area contributed by atoms with Gasteiger partial charge in [0.1, 0.15) is 0 Å². The first-order valence-corrected chi connectivity index (χ1v) is 9.92. The summed E-state index contributed by atoms with van der Waals surface area (Å²) < 4.78 is 10.9. The minimum Gasteiger partial charge on any atom is -0.455 e. The third-order valence-corrected chi connectivity index (χ3v) is 5.56. The van der Waals surface area contributed by atoms with Gasteiger partial charge in [-0.05, 0) is 43.2 Å². The first kappa shape index (κ1) is 20.1. The number of hydrogen-bond acceptors (Lipinski definition) is 6. The highest BCUT2D eigenvalue weighted by Gasteiger charge is 2.37. The SMILES string of the molecule is Cc1cccc(N2C[C@@H](C(=O)OCc3nnc(-c4ccccc4Cl)o3)CC2=O)c1C. The van der Waals surface area contributed by atoms with E-state index in [1.165, 1.54) is 0 Å². The highest BCUT2D eigenvalue weighted by atomic mass is 35.5. The maximum absolute atomic E-state index is 12.5. The van der Waals surface area contributed by atoms with Crippen LogP contribution in [0, 0.1) is 19.8 Å². The predicted molar refractivity (Wildman–Crippen MR) is 111 cm³/mol. The van der Waals surface area contributed by atoms with Crippen LogP contribution in [0.3, 0.4) is 0 Å². The van der Waals surface area contributed by atoms with E-state index in [0.717, 1.165) is 16.8 Å². The van der Waals surface area contributed by atoms with Crippen LogP contribution < -0.4 is 4.90 Å². The van der Waals surface area contributed by atoms with Gasteiger partial charge >= 0.3 is 5.97 Å². The molecule has 30 heavy (non-hydrogen) atoms. The number of benzene rings is 2. The number of amides is 1. The van der Waals surface area contributed by atoms with E-state index in [9.17, 15) is 9.59 Å². The van der Waals surface area contributed by atoms with Gasteiger partial charge in [0.2, 0.25) is 11.8 Å². The van der Waals surface area contributed by atoms with E-state index in [2.05, 4.69) is 10.2 Å². The molecule has 2 heterocycles. The zero-order chi connectivity index (χ0) is 21.3. The Morgan fingerprint density at radius 1 is 1.20 bits per heavy atom. The summed E-state index contributed by atoms with van der Waals surface area (Å²) in [6, 6.07) is 12.9. The fourth-order valence-electron chi connectivity index (χ4n) is 3.43. The Morgan fingerprint density at radius 2 is 2.00 bits per heavy atom. The molecular formula is C22H20ClN3O4. The van der Waals surface area contributed by atoms with Gasteiger partial charge in [-0.2, -0.15) is 0 Å². The molecule has 0 spiro atoms. The van der Waals surface area contributed by atoms with E-state index in [4.69, 9.17) is 20.8 Å². The van der Waals surface area contributed by atoms with Crippen molar-refractivity contribution in [1.29, 1.82) is 0 Å². The number of hydrogen-bond donors (Lipinski definition) is 0. The predicted octanol–water partition coefficient (Wildman–Crippen LogP) is 4.10. The molecule has 154 valence electrons. The largest absolute Gasteiger partial charge is 0.455 e. The molecule has 1 aliphatic heterocycles. The average molecular weight is 426 g/mol. The standard InChI is InChI=1S/C22H20ClN3O4/c1-13-6-5-9-18(14(13)2)26-11-15(10-20(26)27)22(28)29-12-19-24-25-21(30-19)16-7-3-4-8-17(16)23/h3-9,15H,10-12H2,1-2H3/t15-/m0/s1. The van der Waals surface area contributed by atoms with Crippen LogP contribution in [0.2, 0.25) is 5.02 Å². The molecule has 4 rings (SSSR count). The quantitative estimate of drug-likeness (QED) is 0.572. The summed E-state index contributed by atoms with van der Waals surface area (Å²) in [4.78, 5) is 26.6. The minimum absolute atomic E-state index is 0.0931. The average Bonchev–Trinajstić information content (AvgIpc) is 3.35. The van der Waals surface area contributed by atoms with Crippen molar-refractivity contribution in [2.45, 2.75) is 26.9 Å². The highest BCUT2D eigenvalue weighted by Crippen LogP contribution is 2.30. The molecule has 1 aromatic heterocycles. The Labute approximate surface area is 178 Å². The number of esters is 1. The van der Waals surface area contributed by atoms with Crippen molar-refractivity contribution in [2.24, 2.45) is 5.92 Å². The maximum Gasteiger partial charge on any atom is 0.311 e. The molecule has 1 fully saturated rings. The van der Waals surface area contributed by atoms with E-state index >= 15 is 0 Å². The Kier molecular flexibility index (Phi) is 5.55. The Balaban J connectivity index is 1.39. The molecule has 0 aliphatic carbocycles. The monoisotopic (exact) mass is 425 g/mol. The molecule has 2 aromatic carbocycles. The van der Waals surface area contributed by atoms with Crippen LogP contribution in [0.4, 0.5) is 5.69 Å². The molecular weight excluding hydrogens is 406 g/mol. The van der Waals surface area contributed by atoms with Crippen LogP contribution in [-0.4, -0.2) is 28.6 Å². The second-order valence-corrected chi connectivity index (χ2v) is 7.62. The molecule has 0 radical (unpaired) electrons. The van der Waals surface area contributed by atoms with Gasteiger partial charge < -0.3 is 14.1 Å². The number of nitrogens with zero attached hydrogens (tertiary/aromatic N) is 3. The summed E-state index contributed by atoms with van der Waals surface area (Å²) in [5.41, 5.74) is 3.56. The summed E-state index contributed by atoms with van der Waals surface area (Å²) in [5, 5.41) is 8.34. The highest BCUT2D eigenvalue weighted by molar-refractivity contribution is 6.33. The van der Waals surface area contributed by atoms with E-state index in [0.29, 0.717) is 10.6 Å². The Morgan fingerprint density at radius 3 is 2.80 bits per heavy atom. The normalized spacial score (nSPS) is 16.2. The third kappa shape index (κ3) is 3.93. The first-order valence-electron chi connectivity index (χ1n) is 9.54. The zero-order valence-electron chi connectivity index (χ0n) is 16.6. The Hall–Kier alpha value is -3.19. The van der Waals surface area contributed by atoms with Crippen LogP contribution in [0.15, 0.2) is 46.9 Å². The van der Waals surface area contributed by atoms with Gasteiger partial charge in [-0.15, -0.1) is 10.2 Å². The summed E-state index contributed by atoms with van der Waals surface area (Å²) in [5.74, 6) is -0.681. The van der Waals surface area contributed by atoms with E-state index in [1.807, 2.05) is 38.1 Å². The van der Waals surface area contributed by atoms with Crippen LogP contribution in [-0.2, 0) is 20.9 Å². The lowest BCUT2D eigenvalue weighted by molar-refractivity contribution is -0.150. The smallest absolute Gasteiger partial charge is 0.311 e. The molecule has 8 heteroatoms. The third-order valence-electron chi connectivity index (χ3n) is 5.23. The van der Waals surface area contributed by atoms with Crippen molar-refractivity contribution in [3.8, 4) is 11.5 Å². The van der Waals surface area contributed by atoms with Gasteiger partial charge in [0.25, 0.3) is 5.89 Å². The topological polar surface area (TPSA) is 85.5 Å². The lowest BCUT2D eigenvalue weighted by atomic mass is 10.1. The Bertz CT molecular complexity index is 1110. The van der Waals surface area contributed by atoms with Gasteiger partial charge in [-0.25, -0.2) is 0 Å². The van der Waals surface area contributed by atoms with Crippen LogP contribution >= 0.6 is 11.6 Å². The lowest BCUT2D eigenvalue weighted by Gasteiger charge is -2.20. The molecule has 1 amide bonds. The van der Waals surface area contributed by atoms with E-state index < -0.39 is 11.9 Å². The van der Waals surface area contributed by atoms with Crippen LogP contribution in [0.25, 0.3) is 11.5 Å². The molecule has 0 saturated carbocycles. The summed E-state index contributed by atoms with van der Waals surface area (Å²) in [6.07, 6.45) is 0.112. The molecule has 1 saturated heterocycles.